The fourth-order valence-corrected chi connectivity index (χ4v) is 5.04. The van der Waals surface area contributed by atoms with Gasteiger partial charge in [-0.1, -0.05) is 47.5 Å². The number of nitrogens with one attached hydrogen (secondary N) is 1. The maximum atomic E-state index is 13.6. The molecule has 0 radical (unpaired) electrons. The fraction of sp³-hybridized carbons (Fsp3) is 0.143. The number of H-pyrrole nitrogens is 1. The molecule has 3 aromatic carbocycles. The quantitative estimate of drug-likeness (QED) is 0.174. The number of carbonyl (C=O) groups excluding carboxylic acids is 2. The second-order valence-corrected chi connectivity index (χ2v) is 9.39. The molecule has 1 aromatic heterocycles. The summed E-state index contributed by atoms with van der Waals surface area (Å²) < 4.78 is 10.8. The third kappa shape index (κ3) is 4.00. The smallest absolute Gasteiger partial charge is 0.300 e. The molecule has 1 atom stereocenters. The van der Waals surface area contributed by atoms with Crippen molar-refractivity contribution in [2.75, 3.05) is 19.1 Å². The zero-order valence-electron chi connectivity index (χ0n) is 20.1. The number of aromatic nitrogens is 1. The third-order valence-corrected chi connectivity index (χ3v) is 7.23. The molecule has 1 unspecified atom stereocenters. The first kappa shape index (κ1) is 24.7. The molecule has 2 N–H and O–H groups in total. The number of amides is 1. The lowest BCUT2D eigenvalue weighted by molar-refractivity contribution is -0.132. The van der Waals surface area contributed by atoms with Crippen LogP contribution in [0.25, 0.3) is 16.7 Å². The molecule has 1 aliphatic rings. The van der Waals surface area contributed by atoms with Gasteiger partial charge in [-0.15, -0.1) is 0 Å². The van der Waals surface area contributed by atoms with Crippen LogP contribution in [0.1, 0.15) is 22.7 Å². The number of aromatic amines is 1. The van der Waals surface area contributed by atoms with Crippen LogP contribution in [0.15, 0.2) is 66.4 Å². The molecular formula is C28H22Cl2N2O5. The minimum absolute atomic E-state index is 0.103. The van der Waals surface area contributed by atoms with E-state index in [1.165, 1.54) is 31.3 Å². The van der Waals surface area contributed by atoms with Crippen LogP contribution in [0.2, 0.25) is 10.0 Å². The van der Waals surface area contributed by atoms with Crippen LogP contribution in [-0.2, 0) is 9.59 Å². The molecule has 1 saturated heterocycles. The number of halogens is 2. The molecule has 2 heterocycles. The SMILES string of the molecule is COc1cc(/C(O)=C2\C(=O)C(=O)N(c3ccc(C)c(Cl)c3)C2c2c[nH]c3ccccc23)c(OC)cc1Cl. The van der Waals surface area contributed by atoms with Crippen molar-refractivity contribution < 1.29 is 24.2 Å². The number of para-hydroxylation sites is 1. The van der Waals surface area contributed by atoms with E-state index in [9.17, 15) is 14.7 Å². The Morgan fingerprint density at radius 2 is 1.70 bits per heavy atom. The highest BCUT2D eigenvalue weighted by molar-refractivity contribution is 6.52. The summed E-state index contributed by atoms with van der Waals surface area (Å²) in [7, 11) is 2.85. The van der Waals surface area contributed by atoms with Crippen molar-refractivity contribution in [3.8, 4) is 11.5 Å². The Morgan fingerprint density at radius 1 is 0.973 bits per heavy atom. The molecule has 1 aliphatic heterocycles. The number of fused-ring (bicyclic) bond motifs is 1. The van der Waals surface area contributed by atoms with Gasteiger partial charge >= 0.3 is 0 Å². The van der Waals surface area contributed by atoms with E-state index >= 15 is 0 Å². The number of aliphatic hydroxyl groups is 1. The number of hydrogen-bond acceptors (Lipinski definition) is 5. The van der Waals surface area contributed by atoms with Crippen molar-refractivity contribution >= 4 is 57.2 Å². The summed E-state index contributed by atoms with van der Waals surface area (Å²) in [6.07, 6.45) is 1.73. The average Bonchev–Trinajstić information content (AvgIpc) is 3.43. The van der Waals surface area contributed by atoms with Crippen molar-refractivity contribution in [2.24, 2.45) is 0 Å². The van der Waals surface area contributed by atoms with E-state index in [1.807, 2.05) is 31.2 Å². The summed E-state index contributed by atoms with van der Waals surface area (Å²) in [5.74, 6) is -1.57. The van der Waals surface area contributed by atoms with Gasteiger partial charge in [-0.2, -0.15) is 0 Å². The summed E-state index contributed by atoms with van der Waals surface area (Å²) in [5.41, 5.74) is 2.75. The van der Waals surface area contributed by atoms with Gasteiger partial charge in [0.15, 0.2) is 0 Å². The van der Waals surface area contributed by atoms with Gasteiger partial charge in [-0.05, 0) is 36.8 Å². The van der Waals surface area contributed by atoms with E-state index in [0.717, 1.165) is 16.5 Å². The van der Waals surface area contributed by atoms with Gasteiger partial charge in [0.05, 0.1) is 36.4 Å². The highest BCUT2D eigenvalue weighted by Crippen LogP contribution is 2.46. The number of benzene rings is 3. The van der Waals surface area contributed by atoms with Crippen LogP contribution in [0.3, 0.4) is 0 Å². The van der Waals surface area contributed by atoms with E-state index in [1.54, 1.807) is 24.4 Å². The van der Waals surface area contributed by atoms with E-state index in [0.29, 0.717) is 16.3 Å². The third-order valence-electron chi connectivity index (χ3n) is 6.52. The Hall–Kier alpha value is -3.94. The molecule has 37 heavy (non-hydrogen) atoms. The number of rotatable bonds is 5. The normalized spacial score (nSPS) is 17.0. The van der Waals surface area contributed by atoms with E-state index in [-0.39, 0.29) is 27.7 Å². The summed E-state index contributed by atoms with van der Waals surface area (Å²) in [6.45, 7) is 1.84. The lowest BCUT2D eigenvalue weighted by Crippen LogP contribution is -2.29. The Morgan fingerprint density at radius 3 is 2.41 bits per heavy atom. The largest absolute Gasteiger partial charge is 0.507 e. The summed E-state index contributed by atoms with van der Waals surface area (Å²) in [5, 5.41) is 13.1. The zero-order chi connectivity index (χ0) is 26.4. The second kappa shape index (κ2) is 9.50. The molecule has 0 aliphatic carbocycles. The Balaban J connectivity index is 1.82. The van der Waals surface area contributed by atoms with E-state index in [4.69, 9.17) is 32.7 Å². The first-order chi connectivity index (χ1) is 17.8. The number of methoxy groups -OCH3 is 2. The number of hydrogen-bond donors (Lipinski definition) is 2. The maximum Gasteiger partial charge on any atom is 0.300 e. The molecular weight excluding hydrogens is 515 g/mol. The van der Waals surface area contributed by atoms with Crippen molar-refractivity contribution in [3.63, 3.8) is 0 Å². The number of carbonyl (C=O) groups is 2. The Bertz CT molecular complexity index is 1610. The monoisotopic (exact) mass is 536 g/mol. The van der Waals surface area contributed by atoms with Crippen LogP contribution in [0, 0.1) is 6.92 Å². The van der Waals surface area contributed by atoms with E-state index in [2.05, 4.69) is 4.98 Å². The molecule has 0 saturated carbocycles. The van der Waals surface area contributed by atoms with Gasteiger partial charge in [0.1, 0.15) is 17.3 Å². The molecule has 1 fully saturated rings. The fourth-order valence-electron chi connectivity index (χ4n) is 4.64. The number of aryl methyl sites for hydroxylation is 1. The molecule has 0 spiro atoms. The molecule has 1 amide bonds. The lowest BCUT2D eigenvalue weighted by Gasteiger charge is -2.25. The van der Waals surface area contributed by atoms with Gasteiger partial charge < -0.3 is 19.6 Å². The number of ketones is 1. The van der Waals surface area contributed by atoms with Crippen LogP contribution < -0.4 is 14.4 Å². The number of Topliss-reactive ketones (excluding diaryl/α,β-unsaturated/α-hetero) is 1. The van der Waals surface area contributed by atoms with Gasteiger partial charge in [0.2, 0.25) is 0 Å². The molecule has 4 aromatic rings. The van der Waals surface area contributed by atoms with Crippen LogP contribution in [-0.4, -0.2) is 36.0 Å². The number of ether oxygens (including phenoxy) is 2. The number of nitrogens with zero attached hydrogens (tertiary/aromatic N) is 1. The average molecular weight is 537 g/mol. The standard InChI is InChI=1S/C28H22Cl2N2O5/c1-14-8-9-15(10-19(14)29)32-25(18-13-31-21-7-5-4-6-16(18)21)24(27(34)28(32)35)26(33)17-11-23(37-3)20(30)12-22(17)36-2/h4-13,25,31,33H,1-3H3/b26-24+. The maximum absolute atomic E-state index is 13.6. The van der Waals surface area contributed by atoms with Crippen LogP contribution in [0.5, 0.6) is 11.5 Å². The summed E-state index contributed by atoms with van der Waals surface area (Å²) in [4.78, 5) is 31.6. The van der Waals surface area contributed by atoms with Crippen molar-refractivity contribution in [1.82, 2.24) is 4.98 Å². The Labute approximate surface area is 222 Å². The van der Waals surface area contributed by atoms with Gasteiger partial charge in [-0.25, -0.2) is 0 Å². The highest BCUT2D eigenvalue weighted by atomic mass is 35.5. The van der Waals surface area contributed by atoms with Crippen molar-refractivity contribution in [2.45, 2.75) is 13.0 Å². The molecule has 7 nitrogen and oxygen atoms in total. The van der Waals surface area contributed by atoms with Crippen molar-refractivity contribution in [3.05, 3.63) is 93.1 Å². The first-order valence-electron chi connectivity index (χ1n) is 11.3. The molecule has 5 rings (SSSR count). The van der Waals surface area contributed by atoms with Crippen LogP contribution >= 0.6 is 23.2 Å². The van der Waals surface area contributed by atoms with E-state index < -0.39 is 23.5 Å². The van der Waals surface area contributed by atoms with Gasteiger partial charge in [0, 0.05) is 39.4 Å². The zero-order valence-corrected chi connectivity index (χ0v) is 21.6. The van der Waals surface area contributed by atoms with Gasteiger partial charge in [0.25, 0.3) is 11.7 Å². The summed E-state index contributed by atoms with van der Waals surface area (Å²) in [6, 6.07) is 14.6. The molecule has 188 valence electrons. The predicted octanol–water partition coefficient (Wildman–Crippen LogP) is 6.43. The summed E-state index contributed by atoms with van der Waals surface area (Å²) >= 11 is 12.6. The minimum Gasteiger partial charge on any atom is -0.507 e. The van der Waals surface area contributed by atoms with Crippen LogP contribution in [0.4, 0.5) is 5.69 Å². The van der Waals surface area contributed by atoms with Gasteiger partial charge in [-0.3, -0.25) is 14.5 Å². The predicted molar refractivity (Wildman–Crippen MR) is 144 cm³/mol. The minimum atomic E-state index is -0.957. The second-order valence-electron chi connectivity index (χ2n) is 8.58. The topological polar surface area (TPSA) is 91.9 Å². The number of anilines is 1. The van der Waals surface area contributed by atoms with Crippen molar-refractivity contribution in [1.29, 1.82) is 0 Å². The first-order valence-corrected chi connectivity index (χ1v) is 12.1. The highest BCUT2D eigenvalue weighted by Gasteiger charge is 2.48. The molecule has 9 heteroatoms. The lowest BCUT2D eigenvalue weighted by atomic mass is 9.94. The Kier molecular flexibility index (Phi) is 6.35. The number of aliphatic hydroxyl groups excluding tert-OH is 1. The molecule has 0 bridgehead atoms.